The Bertz CT molecular complexity index is 427. The van der Waals surface area contributed by atoms with Crippen LogP contribution in [-0.2, 0) is 19.4 Å². The van der Waals surface area contributed by atoms with Crippen LogP contribution < -0.4 is 5.32 Å². The molecule has 2 heterocycles. The first-order chi connectivity index (χ1) is 8.81. The molecule has 100 valence electrons. The number of aryl methyl sites for hydroxylation is 1. The van der Waals surface area contributed by atoms with Gasteiger partial charge in [-0.2, -0.15) is 0 Å². The van der Waals surface area contributed by atoms with Crippen molar-refractivity contribution in [3.8, 4) is 0 Å². The Hall–Kier alpha value is -0.870. The second-order valence-electron chi connectivity index (χ2n) is 5.49. The summed E-state index contributed by atoms with van der Waals surface area (Å²) in [5.74, 6) is 1.16. The Morgan fingerprint density at radius 1 is 1.39 bits per heavy atom. The van der Waals surface area contributed by atoms with E-state index >= 15 is 0 Å². The molecule has 2 aliphatic rings. The number of nitrogens with one attached hydrogen (secondary N) is 1. The predicted octanol–water partition coefficient (Wildman–Crippen LogP) is 1.57. The Labute approximate surface area is 108 Å². The Morgan fingerprint density at radius 2 is 2.22 bits per heavy atom. The van der Waals surface area contributed by atoms with Gasteiger partial charge in [-0.3, -0.25) is 0 Å². The third-order valence-corrected chi connectivity index (χ3v) is 4.34. The van der Waals surface area contributed by atoms with Crippen LogP contribution >= 0.6 is 0 Å². The first-order valence-corrected chi connectivity index (χ1v) is 7.29. The number of nitrogens with zero attached hydrogens (tertiary/aromatic N) is 2. The summed E-state index contributed by atoms with van der Waals surface area (Å²) in [6.45, 7) is 4.08. The lowest BCUT2D eigenvalue weighted by molar-refractivity contribution is 0.0726. The molecule has 4 heteroatoms. The Morgan fingerprint density at radius 3 is 3.00 bits per heavy atom. The van der Waals surface area contributed by atoms with Gasteiger partial charge in [0.15, 0.2) is 0 Å². The van der Waals surface area contributed by atoms with Gasteiger partial charge in [0.25, 0.3) is 0 Å². The largest absolute Gasteiger partial charge is 0.391 e. The molecule has 1 aromatic rings. The van der Waals surface area contributed by atoms with E-state index in [9.17, 15) is 5.11 Å². The number of aliphatic hydroxyl groups is 1. The highest BCUT2D eigenvalue weighted by Gasteiger charge is 2.30. The molecule has 1 aromatic heterocycles. The van der Waals surface area contributed by atoms with Gasteiger partial charge in [-0.15, -0.1) is 0 Å². The van der Waals surface area contributed by atoms with E-state index in [2.05, 4.69) is 16.8 Å². The number of aliphatic hydroxyl groups excluding tert-OH is 1. The van der Waals surface area contributed by atoms with Crippen LogP contribution in [0.2, 0.25) is 0 Å². The fourth-order valence-electron chi connectivity index (χ4n) is 3.42. The first-order valence-electron chi connectivity index (χ1n) is 7.29. The van der Waals surface area contributed by atoms with E-state index in [-0.39, 0.29) is 12.1 Å². The average molecular weight is 249 g/mol. The van der Waals surface area contributed by atoms with Crippen LogP contribution in [0.25, 0.3) is 0 Å². The molecule has 0 amide bonds. The van der Waals surface area contributed by atoms with E-state index < -0.39 is 0 Å². The molecule has 2 unspecified atom stereocenters. The summed E-state index contributed by atoms with van der Waals surface area (Å²) in [6.07, 6.45) is 6.26. The molecule has 1 saturated carbocycles. The fourth-order valence-corrected chi connectivity index (χ4v) is 3.42. The molecule has 0 radical (unpaired) electrons. The summed E-state index contributed by atoms with van der Waals surface area (Å²) in [6, 6.07) is 0.267. The monoisotopic (exact) mass is 249 g/mol. The number of fused-ring (bicyclic) bond motifs is 1. The number of imidazole rings is 1. The first kappa shape index (κ1) is 12.2. The van der Waals surface area contributed by atoms with Gasteiger partial charge >= 0.3 is 0 Å². The van der Waals surface area contributed by atoms with Crippen molar-refractivity contribution in [3.05, 3.63) is 17.2 Å². The minimum atomic E-state index is -0.183. The van der Waals surface area contributed by atoms with Crippen molar-refractivity contribution >= 4 is 0 Å². The molecule has 1 fully saturated rings. The summed E-state index contributed by atoms with van der Waals surface area (Å²) < 4.78 is 2.38. The maximum absolute atomic E-state index is 10.3. The number of rotatable bonds is 2. The van der Waals surface area contributed by atoms with Crippen LogP contribution in [-0.4, -0.2) is 27.3 Å². The fraction of sp³-hybridized carbons (Fsp3) is 0.786. The third-order valence-electron chi connectivity index (χ3n) is 4.34. The molecule has 18 heavy (non-hydrogen) atoms. The van der Waals surface area contributed by atoms with E-state index in [1.807, 2.05) is 0 Å². The molecule has 4 nitrogen and oxygen atoms in total. The van der Waals surface area contributed by atoms with Crippen LogP contribution in [0, 0.1) is 0 Å². The third kappa shape index (κ3) is 1.97. The van der Waals surface area contributed by atoms with Crippen molar-refractivity contribution in [2.24, 2.45) is 0 Å². The van der Waals surface area contributed by atoms with Crippen molar-refractivity contribution in [3.63, 3.8) is 0 Å². The van der Waals surface area contributed by atoms with Gasteiger partial charge in [-0.1, -0.05) is 19.8 Å². The van der Waals surface area contributed by atoms with Gasteiger partial charge in [0, 0.05) is 31.6 Å². The molecule has 2 atom stereocenters. The van der Waals surface area contributed by atoms with Crippen molar-refractivity contribution in [1.82, 2.24) is 14.9 Å². The van der Waals surface area contributed by atoms with Crippen molar-refractivity contribution < 1.29 is 5.11 Å². The van der Waals surface area contributed by atoms with Crippen molar-refractivity contribution in [2.75, 3.05) is 6.54 Å². The predicted molar refractivity (Wildman–Crippen MR) is 70.5 cm³/mol. The van der Waals surface area contributed by atoms with E-state index in [0.29, 0.717) is 0 Å². The maximum atomic E-state index is 10.3. The highest BCUT2D eigenvalue weighted by molar-refractivity contribution is 5.22. The van der Waals surface area contributed by atoms with Crippen LogP contribution in [0.1, 0.15) is 55.9 Å². The van der Waals surface area contributed by atoms with E-state index in [1.165, 1.54) is 17.8 Å². The second-order valence-corrected chi connectivity index (χ2v) is 5.49. The van der Waals surface area contributed by atoms with Gasteiger partial charge in [0.2, 0.25) is 0 Å². The standard InChI is InChI=1S/C14H23N3O/c1-2-14-16-10-9-15-8-7-11(10)17(14)12-5-3-4-6-13(12)18/h12-13,15,18H,2-9H2,1H3. The van der Waals surface area contributed by atoms with Crippen molar-refractivity contribution in [1.29, 1.82) is 0 Å². The molecule has 0 saturated heterocycles. The molecule has 0 bridgehead atoms. The lowest BCUT2D eigenvalue weighted by Gasteiger charge is -2.32. The average Bonchev–Trinajstić information content (AvgIpc) is 2.78. The summed E-state index contributed by atoms with van der Waals surface area (Å²) in [4.78, 5) is 4.77. The summed E-state index contributed by atoms with van der Waals surface area (Å²) in [5.41, 5.74) is 2.58. The second kappa shape index (κ2) is 5.02. The SMILES string of the molecule is CCc1nc2c(n1C1CCCCC1O)CCNC2. The minimum absolute atomic E-state index is 0.183. The normalized spacial score (nSPS) is 28.1. The molecule has 1 aliphatic carbocycles. The zero-order chi connectivity index (χ0) is 12.5. The zero-order valence-corrected chi connectivity index (χ0v) is 11.2. The van der Waals surface area contributed by atoms with E-state index in [0.717, 1.165) is 51.0 Å². The minimum Gasteiger partial charge on any atom is -0.391 e. The van der Waals surface area contributed by atoms with Gasteiger partial charge in [0.1, 0.15) is 5.82 Å². The molecule has 0 aromatic carbocycles. The molecule has 0 spiro atoms. The van der Waals surface area contributed by atoms with Gasteiger partial charge in [0.05, 0.1) is 17.8 Å². The highest BCUT2D eigenvalue weighted by Crippen LogP contribution is 2.32. The molecule has 2 N–H and O–H groups in total. The zero-order valence-electron chi connectivity index (χ0n) is 11.2. The smallest absolute Gasteiger partial charge is 0.109 e. The lowest BCUT2D eigenvalue weighted by Crippen LogP contribution is -2.32. The molecular formula is C14H23N3O. The van der Waals surface area contributed by atoms with E-state index in [1.54, 1.807) is 0 Å². The topological polar surface area (TPSA) is 50.1 Å². The Balaban J connectivity index is 2.00. The van der Waals surface area contributed by atoms with Crippen LogP contribution in [0.5, 0.6) is 0 Å². The summed E-state index contributed by atoms with van der Waals surface area (Å²) >= 11 is 0. The Kier molecular flexibility index (Phi) is 3.39. The number of hydrogen-bond donors (Lipinski definition) is 2. The van der Waals surface area contributed by atoms with Crippen molar-refractivity contribution in [2.45, 2.75) is 64.1 Å². The van der Waals surface area contributed by atoms with Gasteiger partial charge < -0.3 is 15.0 Å². The van der Waals surface area contributed by atoms with Crippen LogP contribution in [0.4, 0.5) is 0 Å². The number of aromatic nitrogens is 2. The molecule has 3 rings (SSSR count). The van der Waals surface area contributed by atoms with Crippen LogP contribution in [0.3, 0.4) is 0 Å². The van der Waals surface area contributed by atoms with Gasteiger partial charge in [-0.05, 0) is 12.8 Å². The number of hydrogen-bond acceptors (Lipinski definition) is 3. The van der Waals surface area contributed by atoms with E-state index in [4.69, 9.17) is 4.98 Å². The van der Waals surface area contributed by atoms with Gasteiger partial charge in [-0.25, -0.2) is 4.98 Å². The highest BCUT2D eigenvalue weighted by atomic mass is 16.3. The molecular weight excluding hydrogens is 226 g/mol. The maximum Gasteiger partial charge on any atom is 0.109 e. The molecule has 1 aliphatic heterocycles. The summed E-state index contributed by atoms with van der Waals surface area (Å²) in [7, 11) is 0. The summed E-state index contributed by atoms with van der Waals surface area (Å²) in [5, 5.41) is 13.7. The quantitative estimate of drug-likeness (QED) is 0.836. The lowest BCUT2D eigenvalue weighted by atomic mass is 9.91. The van der Waals surface area contributed by atoms with Crippen LogP contribution in [0.15, 0.2) is 0 Å².